The summed E-state index contributed by atoms with van der Waals surface area (Å²) in [6.07, 6.45) is -1.14. The number of halogens is 1. The van der Waals surface area contributed by atoms with Gasteiger partial charge in [-0.3, -0.25) is 14.4 Å². The zero-order chi connectivity index (χ0) is 36.8. The molecule has 0 aromatic heterocycles. The van der Waals surface area contributed by atoms with E-state index in [-0.39, 0.29) is 67.7 Å². The minimum atomic E-state index is -1.19. The van der Waals surface area contributed by atoms with E-state index in [4.69, 9.17) is 19.9 Å². The van der Waals surface area contributed by atoms with Crippen LogP contribution < -0.4 is 26.4 Å². The van der Waals surface area contributed by atoms with Crippen LogP contribution in [-0.2, 0) is 23.9 Å². The standard InChI is InChI=1S/C35H59FN4O8/c1-21(2)23(17-30(42)39-26-13-12-24(36)18-29(26)47-15-11-14-46-10)16-27(40-33(45)48-34(5,6)7)28(41)19-25(22(3)4)31(43)38-20-35(8,9)32(37)44/h12-13,18,21-23,25,27-28,41H,11,14-17,19-20H2,1-10H3,(H2,37,44)(H,38,43)(H,39,42)(H,40,45)/t23-,25+,27+,28+/m1/s1. The van der Waals surface area contributed by atoms with Crippen LogP contribution in [0.15, 0.2) is 18.2 Å². The fourth-order valence-corrected chi connectivity index (χ4v) is 4.86. The number of primary amides is 1. The van der Waals surface area contributed by atoms with Gasteiger partial charge in [0, 0.05) is 45.1 Å². The van der Waals surface area contributed by atoms with Crippen LogP contribution in [0.2, 0.25) is 0 Å². The molecule has 0 aliphatic heterocycles. The highest BCUT2D eigenvalue weighted by molar-refractivity contribution is 5.92. The molecule has 1 rings (SSSR count). The summed E-state index contributed by atoms with van der Waals surface area (Å²) in [4.78, 5) is 51.2. The number of aliphatic hydroxyl groups excluding tert-OH is 1. The lowest BCUT2D eigenvalue weighted by molar-refractivity contribution is -0.130. The Bertz CT molecular complexity index is 1200. The van der Waals surface area contributed by atoms with Crippen molar-refractivity contribution in [3.05, 3.63) is 24.0 Å². The lowest BCUT2D eigenvalue weighted by Crippen LogP contribution is -2.49. The van der Waals surface area contributed by atoms with Crippen molar-refractivity contribution in [1.82, 2.24) is 10.6 Å². The molecular weight excluding hydrogens is 623 g/mol. The van der Waals surface area contributed by atoms with Gasteiger partial charge in [0.25, 0.3) is 0 Å². The Hall–Kier alpha value is -3.45. The van der Waals surface area contributed by atoms with Gasteiger partial charge in [0.2, 0.25) is 17.7 Å². The van der Waals surface area contributed by atoms with Crippen LogP contribution in [0.5, 0.6) is 5.75 Å². The number of nitrogens with one attached hydrogen (secondary N) is 3. The summed E-state index contributed by atoms with van der Waals surface area (Å²) in [6.45, 7) is 16.7. The van der Waals surface area contributed by atoms with Gasteiger partial charge in [0.15, 0.2) is 0 Å². The molecule has 0 aliphatic carbocycles. The molecule has 4 atom stereocenters. The van der Waals surface area contributed by atoms with Gasteiger partial charge in [0.05, 0.1) is 29.9 Å². The van der Waals surface area contributed by atoms with E-state index in [2.05, 4.69) is 16.0 Å². The largest absolute Gasteiger partial charge is 0.491 e. The Morgan fingerprint density at radius 1 is 0.979 bits per heavy atom. The van der Waals surface area contributed by atoms with Crippen LogP contribution in [0.25, 0.3) is 0 Å². The Kier molecular flexibility index (Phi) is 17.3. The van der Waals surface area contributed by atoms with Crippen molar-refractivity contribution in [2.24, 2.45) is 34.8 Å². The molecule has 0 unspecified atom stereocenters. The zero-order valence-corrected chi connectivity index (χ0v) is 30.4. The smallest absolute Gasteiger partial charge is 0.407 e. The topological polar surface area (TPSA) is 178 Å². The van der Waals surface area contributed by atoms with Gasteiger partial charge in [-0.25, -0.2) is 9.18 Å². The van der Waals surface area contributed by atoms with Crippen molar-refractivity contribution in [3.63, 3.8) is 0 Å². The second-order valence-electron chi connectivity index (χ2n) is 14.7. The number of ether oxygens (including phenoxy) is 3. The lowest BCUT2D eigenvalue weighted by atomic mass is 9.81. The number of benzene rings is 1. The molecule has 0 heterocycles. The van der Waals surface area contributed by atoms with Crippen molar-refractivity contribution < 1.29 is 42.9 Å². The molecule has 48 heavy (non-hydrogen) atoms. The second-order valence-corrected chi connectivity index (χ2v) is 14.7. The number of hydrogen-bond acceptors (Lipinski definition) is 8. The number of methoxy groups -OCH3 is 1. The second kappa shape index (κ2) is 19.5. The van der Waals surface area contributed by atoms with Gasteiger partial charge in [0.1, 0.15) is 17.2 Å². The zero-order valence-electron chi connectivity index (χ0n) is 30.4. The molecule has 0 fully saturated rings. The maximum Gasteiger partial charge on any atom is 0.407 e. The SMILES string of the molecule is COCCCOc1cc(F)ccc1NC(=O)C[C@@H](C[C@H](NC(=O)OC(C)(C)C)[C@@H](O)C[C@H](C(=O)NCC(C)(C)C(N)=O)C(C)C)C(C)C. The van der Waals surface area contributed by atoms with E-state index in [1.165, 1.54) is 18.2 Å². The molecule has 13 heteroatoms. The molecule has 0 spiro atoms. The van der Waals surface area contributed by atoms with Gasteiger partial charge in [-0.15, -0.1) is 0 Å². The fraction of sp³-hybridized carbons (Fsp3) is 0.714. The third-order valence-corrected chi connectivity index (χ3v) is 8.09. The average Bonchev–Trinajstić information content (AvgIpc) is 2.95. The first kappa shape index (κ1) is 42.6. The number of alkyl carbamates (subject to hydrolysis) is 1. The summed E-state index contributed by atoms with van der Waals surface area (Å²) in [5.41, 5.74) is 4.00. The molecule has 0 saturated carbocycles. The van der Waals surface area contributed by atoms with E-state index in [0.29, 0.717) is 18.7 Å². The predicted octanol–water partition coefficient (Wildman–Crippen LogP) is 4.78. The van der Waals surface area contributed by atoms with E-state index in [1.807, 2.05) is 27.7 Å². The van der Waals surface area contributed by atoms with Gasteiger partial charge in [-0.05, 0) is 77.3 Å². The summed E-state index contributed by atoms with van der Waals surface area (Å²) in [6, 6.07) is 2.99. The third-order valence-electron chi connectivity index (χ3n) is 8.09. The monoisotopic (exact) mass is 682 g/mol. The van der Waals surface area contributed by atoms with E-state index < -0.39 is 46.9 Å². The Morgan fingerprint density at radius 3 is 2.17 bits per heavy atom. The van der Waals surface area contributed by atoms with Crippen molar-refractivity contribution >= 4 is 29.5 Å². The van der Waals surface area contributed by atoms with Crippen molar-refractivity contribution in [2.45, 2.75) is 106 Å². The molecule has 274 valence electrons. The molecule has 1 aromatic carbocycles. The Labute approximate surface area is 285 Å². The first-order valence-electron chi connectivity index (χ1n) is 16.6. The molecule has 1 aromatic rings. The van der Waals surface area contributed by atoms with Crippen molar-refractivity contribution in [3.8, 4) is 5.75 Å². The first-order chi connectivity index (χ1) is 22.2. The summed E-state index contributed by atoms with van der Waals surface area (Å²) in [5, 5.41) is 19.9. The maximum absolute atomic E-state index is 14.0. The molecular formula is C35H59FN4O8. The minimum Gasteiger partial charge on any atom is -0.491 e. The van der Waals surface area contributed by atoms with Gasteiger partial charge < -0.3 is 41.0 Å². The summed E-state index contributed by atoms with van der Waals surface area (Å²) >= 11 is 0. The number of hydrogen-bond donors (Lipinski definition) is 5. The quantitative estimate of drug-likeness (QED) is 0.122. The van der Waals surface area contributed by atoms with Crippen molar-refractivity contribution in [1.29, 1.82) is 0 Å². The van der Waals surface area contributed by atoms with E-state index in [1.54, 1.807) is 41.7 Å². The number of rotatable bonds is 20. The molecule has 0 saturated heterocycles. The first-order valence-corrected chi connectivity index (χ1v) is 16.6. The van der Waals surface area contributed by atoms with E-state index in [9.17, 15) is 28.7 Å². The van der Waals surface area contributed by atoms with Crippen molar-refractivity contribution in [2.75, 3.05) is 32.2 Å². The Balaban J connectivity index is 3.20. The number of aliphatic hydroxyl groups is 1. The summed E-state index contributed by atoms with van der Waals surface area (Å²) in [7, 11) is 1.57. The van der Waals surface area contributed by atoms with Gasteiger partial charge in [-0.1, -0.05) is 27.7 Å². The molecule has 6 N–H and O–H groups in total. The van der Waals surface area contributed by atoms with Crippen LogP contribution in [-0.4, -0.2) is 73.5 Å². The average molecular weight is 683 g/mol. The maximum atomic E-state index is 14.0. The highest BCUT2D eigenvalue weighted by Gasteiger charge is 2.35. The molecule has 4 amide bonds. The minimum absolute atomic E-state index is 0.00265. The number of nitrogens with two attached hydrogens (primary N) is 1. The van der Waals surface area contributed by atoms with Crippen LogP contribution in [0, 0.1) is 34.9 Å². The van der Waals surface area contributed by atoms with Crippen LogP contribution in [0.1, 0.15) is 88.0 Å². The normalized spacial score (nSPS) is 14.5. The highest BCUT2D eigenvalue weighted by atomic mass is 19.1. The van der Waals surface area contributed by atoms with Crippen LogP contribution in [0.3, 0.4) is 0 Å². The Morgan fingerprint density at radius 2 is 1.62 bits per heavy atom. The lowest BCUT2D eigenvalue weighted by Gasteiger charge is -2.33. The molecule has 0 radical (unpaired) electrons. The van der Waals surface area contributed by atoms with Crippen LogP contribution >= 0.6 is 0 Å². The number of amides is 4. The third kappa shape index (κ3) is 15.6. The van der Waals surface area contributed by atoms with Crippen LogP contribution in [0.4, 0.5) is 14.9 Å². The molecule has 0 aliphatic rings. The number of anilines is 1. The van der Waals surface area contributed by atoms with E-state index in [0.717, 1.165) is 0 Å². The van der Waals surface area contributed by atoms with Gasteiger partial charge in [-0.2, -0.15) is 0 Å². The predicted molar refractivity (Wildman–Crippen MR) is 183 cm³/mol. The number of carbonyl (C=O) groups is 4. The fourth-order valence-electron chi connectivity index (χ4n) is 4.86. The molecule has 0 bridgehead atoms. The van der Waals surface area contributed by atoms with E-state index >= 15 is 0 Å². The number of carbonyl (C=O) groups excluding carboxylic acids is 4. The molecule has 12 nitrogen and oxygen atoms in total. The summed E-state index contributed by atoms with van der Waals surface area (Å²) in [5.74, 6) is -2.81. The highest BCUT2D eigenvalue weighted by Crippen LogP contribution is 2.29. The summed E-state index contributed by atoms with van der Waals surface area (Å²) < 4.78 is 30.2. The van der Waals surface area contributed by atoms with Gasteiger partial charge >= 0.3 is 6.09 Å².